The molecule has 0 radical (unpaired) electrons. The Hall–Kier alpha value is -2.46. The maximum absolute atomic E-state index is 11.9. The van der Waals surface area contributed by atoms with Gasteiger partial charge in [0.1, 0.15) is 0 Å². The first-order valence-corrected chi connectivity index (χ1v) is 6.72. The van der Waals surface area contributed by atoms with Crippen LogP contribution in [0.3, 0.4) is 0 Å². The van der Waals surface area contributed by atoms with Gasteiger partial charge in [-0.15, -0.1) is 0 Å². The summed E-state index contributed by atoms with van der Waals surface area (Å²) in [7, 11) is 0. The predicted molar refractivity (Wildman–Crippen MR) is 82.9 cm³/mol. The van der Waals surface area contributed by atoms with E-state index in [2.05, 4.69) is 10.5 Å². The van der Waals surface area contributed by atoms with E-state index >= 15 is 0 Å². The molecule has 2 aromatic carbocycles. The van der Waals surface area contributed by atoms with Crippen molar-refractivity contribution in [3.63, 3.8) is 0 Å². The summed E-state index contributed by atoms with van der Waals surface area (Å²) < 4.78 is 0. The Morgan fingerprint density at radius 3 is 2.33 bits per heavy atom. The molecule has 0 saturated heterocycles. The van der Waals surface area contributed by atoms with Crippen LogP contribution in [-0.4, -0.2) is 16.7 Å². The van der Waals surface area contributed by atoms with Gasteiger partial charge < -0.3 is 5.11 Å². The van der Waals surface area contributed by atoms with Gasteiger partial charge in [-0.2, -0.15) is 5.10 Å². The minimum atomic E-state index is -1.22. The van der Waals surface area contributed by atoms with Crippen molar-refractivity contribution in [3.8, 4) is 0 Å². The molecular weight excluding hydrogens is 264 g/mol. The van der Waals surface area contributed by atoms with E-state index in [0.29, 0.717) is 11.3 Å². The zero-order valence-corrected chi connectivity index (χ0v) is 12.1. The molecule has 0 aromatic heterocycles. The summed E-state index contributed by atoms with van der Waals surface area (Å²) >= 11 is 0. The van der Waals surface area contributed by atoms with Crippen LogP contribution in [0.5, 0.6) is 0 Å². The van der Waals surface area contributed by atoms with Crippen molar-refractivity contribution in [2.45, 2.75) is 20.0 Å². The highest BCUT2D eigenvalue weighted by Gasteiger charge is 2.16. The summed E-state index contributed by atoms with van der Waals surface area (Å²) in [6, 6.07) is 16.6. The Kier molecular flexibility index (Phi) is 4.85. The van der Waals surface area contributed by atoms with Gasteiger partial charge in [-0.05, 0) is 25.0 Å². The summed E-state index contributed by atoms with van der Waals surface area (Å²) in [5.41, 5.74) is 5.70. The lowest BCUT2D eigenvalue weighted by atomic mass is 10.1. The van der Waals surface area contributed by atoms with E-state index in [9.17, 15) is 9.90 Å². The highest BCUT2D eigenvalue weighted by molar-refractivity contribution is 5.99. The quantitative estimate of drug-likeness (QED) is 0.669. The topological polar surface area (TPSA) is 61.7 Å². The predicted octanol–water partition coefficient (Wildman–Crippen LogP) is 2.57. The third-order valence-electron chi connectivity index (χ3n) is 3.17. The van der Waals surface area contributed by atoms with Crippen LogP contribution in [0.2, 0.25) is 0 Å². The van der Waals surface area contributed by atoms with Crippen LogP contribution in [0.1, 0.15) is 29.7 Å². The second-order valence-corrected chi connectivity index (χ2v) is 4.85. The van der Waals surface area contributed by atoms with E-state index in [0.717, 1.165) is 11.1 Å². The average Bonchev–Trinajstić information content (AvgIpc) is 2.53. The number of carbonyl (C=O) groups is 1. The van der Waals surface area contributed by atoms with Crippen molar-refractivity contribution in [2.24, 2.45) is 5.10 Å². The Labute approximate surface area is 124 Å². The van der Waals surface area contributed by atoms with Crippen molar-refractivity contribution in [1.29, 1.82) is 0 Å². The van der Waals surface area contributed by atoms with Crippen LogP contribution in [0, 0.1) is 6.92 Å². The molecule has 0 fully saturated rings. The van der Waals surface area contributed by atoms with Crippen LogP contribution in [0.4, 0.5) is 0 Å². The van der Waals surface area contributed by atoms with Crippen molar-refractivity contribution in [2.75, 3.05) is 0 Å². The average molecular weight is 282 g/mol. The first kappa shape index (κ1) is 14.9. The van der Waals surface area contributed by atoms with E-state index < -0.39 is 12.0 Å². The van der Waals surface area contributed by atoms with Gasteiger partial charge in [0, 0.05) is 0 Å². The van der Waals surface area contributed by atoms with Crippen molar-refractivity contribution in [1.82, 2.24) is 5.43 Å². The standard InChI is InChI=1S/C17H18N2O2/c1-12-8-10-14(11-9-12)13(2)18-19-17(21)16(20)15-6-4-3-5-7-15/h3-11,16,20H,1-2H3,(H,19,21). The molecule has 0 saturated carbocycles. The van der Waals surface area contributed by atoms with Crippen LogP contribution >= 0.6 is 0 Å². The van der Waals surface area contributed by atoms with E-state index in [1.807, 2.05) is 37.3 Å². The number of amides is 1. The molecule has 4 nitrogen and oxygen atoms in total. The maximum atomic E-state index is 11.9. The Bertz CT molecular complexity index is 634. The van der Waals surface area contributed by atoms with Gasteiger partial charge in [-0.1, -0.05) is 60.2 Å². The highest BCUT2D eigenvalue weighted by atomic mass is 16.3. The normalized spacial score (nSPS) is 12.8. The Morgan fingerprint density at radius 2 is 1.71 bits per heavy atom. The molecule has 0 aliphatic heterocycles. The molecule has 0 spiro atoms. The van der Waals surface area contributed by atoms with Gasteiger partial charge in [0.2, 0.25) is 0 Å². The van der Waals surface area contributed by atoms with E-state index in [1.165, 1.54) is 0 Å². The van der Waals surface area contributed by atoms with Crippen LogP contribution in [0.15, 0.2) is 59.7 Å². The van der Waals surface area contributed by atoms with Crippen LogP contribution in [0.25, 0.3) is 0 Å². The fourth-order valence-electron chi connectivity index (χ4n) is 1.85. The number of benzene rings is 2. The molecule has 2 N–H and O–H groups in total. The number of aliphatic hydroxyl groups excluding tert-OH is 1. The van der Waals surface area contributed by atoms with Gasteiger partial charge >= 0.3 is 0 Å². The minimum absolute atomic E-state index is 0.540. The minimum Gasteiger partial charge on any atom is -0.378 e. The fourth-order valence-corrected chi connectivity index (χ4v) is 1.85. The second-order valence-electron chi connectivity index (χ2n) is 4.85. The number of carbonyl (C=O) groups excluding carboxylic acids is 1. The summed E-state index contributed by atoms with van der Waals surface area (Å²) in [6.07, 6.45) is -1.22. The summed E-state index contributed by atoms with van der Waals surface area (Å²) in [4.78, 5) is 11.9. The summed E-state index contributed by atoms with van der Waals surface area (Å²) in [5.74, 6) is -0.548. The van der Waals surface area contributed by atoms with E-state index in [1.54, 1.807) is 31.2 Å². The number of aryl methyl sites for hydroxylation is 1. The number of hydrogen-bond donors (Lipinski definition) is 2. The van der Waals surface area contributed by atoms with Gasteiger partial charge in [0.15, 0.2) is 6.10 Å². The number of hydrazone groups is 1. The maximum Gasteiger partial charge on any atom is 0.273 e. The molecule has 21 heavy (non-hydrogen) atoms. The number of aliphatic hydroxyl groups is 1. The first-order valence-electron chi connectivity index (χ1n) is 6.72. The number of rotatable bonds is 4. The molecule has 1 atom stereocenters. The molecule has 2 rings (SSSR count). The SMILES string of the molecule is CC(=NNC(=O)C(O)c1ccccc1)c1ccc(C)cc1. The molecule has 0 aliphatic carbocycles. The molecule has 1 amide bonds. The summed E-state index contributed by atoms with van der Waals surface area (Å²) in [6.45, 7) is 3.81. The molecule has 2 aromatic rings. The molecule has 0 heterocycles. The van der Waals surface area contributed by atoms with E-state index in [4.69, 9.17) is 0 Å². The molecule has 0 bridgehead atoms. The fraction of sp³-hybridized carbons (Fsp3) is 0.176. The molecule has 108 valence electrons. The van der Waals surface area contributed by atoms with Crippen molar-refractivity contribution in [3.05, 3.63) is 71.3 Å². The lowest BCUT2D eigenvalue weighted by Gasteiger charge is -2.09. The highest BCUT2D eigenvalue weighted by Crippen LogP contribution is 2.12. The Morgan fingerprint density at radius 1 is 1.10 bits per heavy atom. The number of nitrogens with one attached hydrogen (secondary N) is 1. The monoisotopic (exact) mass is 282 g/mol. The lowest BCUT2D eigenvalue weighted by Crippen LogP contribution is -2.26. The zero-order chi connectivity index (χ0) is 15.2. The van der Waals surface area contributed by atoms with Crippen molar-refractivity contribution >= 4 is 11.6 Å². The van der Waals surface area contributed by atoms with Crippen molar-refractivity contribution < 1.29 is 9.90 Å². The number of hydrogen-bond acceptors (Lipinski definition) is 3. The summed E-state index contributed by atoms with van der Waals surface area (Å²) in [5, 5.41) is 14.0. The smallest absolute Gasteiger partial charge is 0.273 e. The second kappa shape index (κ2) is 6.81. The van der Waals surface area contributed by atoms with Gasteiger partial charge in [-0.25, -0.2) is 5.43 Å². The van der Waals surface area contributed by atoms with Gasteiger partial charge in [0.25, 0.3) is 5.91 Å². The van der Waals surface area contributed by atoms with Crippen LogP contribution < -0.4 is 5.43 Å². The number of nitrogens with zero attached hydrogens (tertiary/aromatic N) is 1. The Balaban J connectivity index is 2.03. The third kappa shape index (κ3) is 4.00. The van der Waals surface area contributed by atoms with Gasteiger partial charge in [0.05, 0.1) is 5.71 Å². The third-order valence-corrected chi connectivity index (χ3v) is 3.17. The molecular formula is C17H18N2O2. The largest absolute Gasteiger partial charge is 0.378 e. The first-order chi connectivity index (χ1) is 10.1. The molecule has 4 heteroatoms. The zero-order valence-electron chi connectivity index (χ0n) is 12.1. The molecule has 0 aliphatic rings. The molecule has 1 unspecified atom stereocenters. The van der Waals surface area contributed by atoms with Gasteiger partial charge in [-0.3, -0.25) is 4.79 Å². The lowest BCUT2D eigenvalue weighted by molar-refractivity contribution is -0.129. The van der Waals surface area contributed by atoms with Crippen LogP contribution in [-0.2, 0) is 4.79 Å². The van der Waals surface area contributed by atoms with E-state index in [-0.39, 0.29) is 0 Å².